The molecule has 1 heterocycles. The molecule has 33 heavy (non-hydrogen) atoms. The number of thioether (sulfide) groups is 1. The van der Waals surface area contributed by atoms with Crippen molar-refractivity contribution >= 4 is 39.8 Å². The summed E-state index contributed by atoms with van der Waals surface area (Å²) in [6.45, 7) is 2.38. The van der Waals surface area contributed by atoms with Crippen molar-refractivity contribution in [1.29, 1.82) is 0 Å². The summed E-state index contributed by atoms with van der Waals surface area (Å²) in [6, 6.07) is 19.1. The highest BCUT2D eigenvalue weighted by Gasteiger charge is 2.31. The molecule has 0 aromatic heterocycles. The molecule has 5 rings (SSSR count). The quantitative estimate of drug-likeness (QED) is 0.426. The highest BCUT2D eigenvalue weighted by Crippen LogP contribution is 2.44. The Morgan fingerprint density at radius 3 is 2.33 bits per heavy atom. The molecule has 3 aromatic rings. The molecule has 0 atom stereocenters. The molecule has 0 spiro atoms. The van der Waals surface area contributed by atoms with Gasteiger partial charge in [-0.3, -0.25) is 14.9 Å². The second kappa shape index (κ2) is 8.71. The number of fused-ring (bicyclic) bond motifs is 1. The molecule has 2 fully saturated rings. The fourth-order valence-electron chi connectivity index (χ4n) is 5.07. The average Bonchev–Trinajstić information content (AvgIpc) is 3.15. The maximum Gasteiger partial charge on any atom is 0.290 e. The Hall–Kier alpha value is -3.05. The van der Waals surface area contributed by atoms with Crippen molar-refractivity contribution in [1.82, 2.24) is 5.32 Å². The van der Waals surface area contributed by atoms with E-state index in [1.54, 1.807) is 13.2 Å². The number of rotatable bonds is 4. The van der Waals surface area contributed by atoms with E-state index in [1.165, 1.54) is 48.8 Å². The van der Waals surface area contributed by atoms with Crippen molar-refractivity contribution in [3.63, 3.8) is 0 Å². The summed E-state index contributed by atoms with van der Waals surface area (Å²) in [4.78, 5) is 23.7. The lowest BCUT2D eigenvalue weighted by Gasteiger charge is -2.35. The molecule has 1 saturated carbocycles. The molecular formula is C28H27NO3S. The van der Waals surface area contributed by atoms with Gasteiger partial charge in [0.1, 0.15) is 5.75 Å². The number of carbonyl (C=O) groups is 2. The second-order valence-electron chi connectivity index (χ2n) is 9.21. The number of hydrogen-bond donors (Lipinski definition) is 1. The van der Waals surface area contributed by atoms with Gasteiger partial charge in [-0.25, -0.2) is 0 Å². The molecule has 3 aromatic carbocycles. The minimum atomic E-state index is -0.331. The van der Waals surface area contributed by atoms with Crippen molar-refractivity contribution in [3.8, 4) is 16.9 Å². The van der Waals surface area contributed by atoms with Gasteiger partial charge in [-0.15, -0.1) is 0 Å². The molecule has 2 amide bonds. The lowest BCUT2D eigenvalue weighted by atomic mass is 9.70. The van der Waals surface area contributed by atoms with E-state index in [9.17, 15) is 9.59 Å². The number of methoxy groups -OCH3 is 1. The zero-order valence-electron chi connectivity index (χ0n) is 18.9. The maximum atomic E-state index is 11.8. The van der Waals surface area contributed by atoms with Crippen LogP contribution in [-0.2, 0) is 10.2 Å². The highest BCUT2D eigenvalue weighted by molar-refractivity contribution is 8.18. The third-order valence-electron chi connectivity index (χ3n) is 6.94. The van der Waals surface area contributed by atoms with Crippen molar-refractivity contribution in [3.05, 3.63) is 70.6 Å². The Kier molecular flexibility index (Phi) is 5.75. The lowest BCUT2D eigenvalue weighted by Crippen LogP contribution is -2.25. The summed E-state index contributed by atoms with van der Waals surface area (Å²) in [5, 5.41) is 4.20. The van der Waals surface area contributed by atoms with Crippen LogP contribution in [0.2, 0.25) is 0 Å². The molecule has 0 unspecified atom stereocenters. The van der Waals surface area contributed by atoms with Gasteiger partial charge < -0.3 is 4.74 Å². The average molecular weight is 458 g/mol. The van der Waals surface area contributed by atoms with Gasteiger partial charge in [-0.05, 0) is 87.8 Å². The van der Waals surface area contributed by atoms with E-state index in [0.29, 0.717) is 4.91 Å². The first kappa shape index (κ1) is 21.8. The van der Waals surface area contributed by atoms with Gasteiger partial charge in [0.15, 0.2) is 0 Å². The van der Waals surface area contributed by atoms with E-state index in [-0.39, 0.29) is 16.6 Å². The molecule has 1 N–H and O–H groups in total. The summed E-state index contributed by atoms with van der Waals surface area (Å²) < 4.78 is 5.75. The molecule has 1 aliphatic heterocycles. The van der Waals surface area contributed by atoms with Gasteiger partial charge in [0.25, 0.3) is 11.1 Å². The third kappa shape index (κ3) is 4.30. The first-order valence-corrected chi connectivity index (χ1v) is 12.2. The monoisotopic (exact) mass is 457 g/mol. The molecule has 0 radical (unpaired) electrons. The fourth-order valence-corrected chi connectivity index (χ4v) is 5.75. The number of benzene rings is 3. The van der Waals surface area contributed by atoms with E-state index >= 15 is 0 Å². The molecule has 1 aliphatic carbocycles. The molecular weight excluding hydrogens is 430 g/mol. The van der Waals surface area contributed by atoms with Gasteiger partial charge >= 0.3 is 0 Å². The summed E-state index contributed by atoms with van der Waals surface area (Å²) in [5.41, 5.74) is 4.74. The number of hydrogen-bond acceptors (Lipinski definition) is 4. The molecule has 2 aliphatic rings. The minimum absolute atomic E-state index is 0.158. The SMILES string of the molecule is COc1ccc(-c2ccc3cc(/C=C4\SC(=O)NC4=O)ccc3c2)cc1C1(C)CCCCC1. The number of carbonyl (C=O) groups excluding carboxylic acids is 2. The zero-order chi connectivity index (χ0) is 23.0. The third-order valence-corrected chi connectivity index (χ3v) is 7.75. The predicted molar refractivity (Wildman–Crippen MR) is 135 cm³/mol. The van der Waals surface area contributed by atoms with Crippen LogP contribution in [0.1, 0.15) is 50.2 Å². The molecule has 1 saturated heterocycles. The largest absolute Gasteiger partial charge is 0.496 e. The van der Waals surface area contributed by atoms with Crippen molar-refractivity contribution in [2.24, 2.45) is 0 Å². The van der Waals surface area contributed by atoms with Crippen LogP contribution < -0.4 is 10.1 Å². The Balaban J connectivity index is 1.49. The van der Waals surface area contributed by atoms with Crippen LogP contribution in [0, 0.1) is 0 Å². The van der Waals surface area contributed by atoms with Crippen LogP contribution in [0.5, 0.6) is 5.75 Å². The van der Waals surface area contributed by atoms with Crippen LogP contribution in [0.4, 0.5) is 4.79 Å². The lowest BCUT2D eigenvalue weighted by molar-refractivity contribution is -0.115. The molecule has 0 bridgehead atoms. The van der Waals surface area contributed by atoms with Gasteiger partial charge in [-0.2, -0.15) is 0 Å². The molecule has 168 valence electrons. The molecule has 4 nitrogen and oxygen atoms in total. The Bertz CT molecular complexity index is 1290. The fraction of sp³-hybridized carbons (Fsp3) is 0.286. The number of nitrogens with one attached hydrogen (secondary N) is 1. The van der Waals surface area contributed by atoms with Gasteiger partial charge in [0, 0.05) is 5.56 Å². The number of ether oxygens (including phenoxy) is 1. The second-order valence-corrected chi connectivity index (χ2v) is 10.2. The predicted octanol–water partition coefficient (Wildman–Crippen LogP) is 7.06. The van der Waals surface area contributed by atoms with Crippen molar-refractivity contribution < 1.29 is 14.3 Å². The first-order valence-electron chi connectivity index (χ1n) is 11.4. The topological polar surface area (TPSA) is 55.4 Å². The van der Waals surface area contributed by atoms with E-state index in [2.05, 4.69) is 54.7 Å². The minimum Gasteiger partial charge on any atom is -0.496 e. The number of imide groups is 1. The van der Waals surface area contributed by atoms with Crippen molar-refractivity contribution in [2.75, 3.05) is 7.11 Å². The Morgan fingerprint density at radius 1 is 0.909 bits per heavy atom. The van der Waals surface area contributed by atoms with Crippen LogP contribution in [-0.4, -0.2) is 18.3 Å². The van der Waals surface area contributed by atoms with Crippen molar-refractivity contribution in [2.45, 2.75) is 44.4 Å². The standard InChI is InChI=1S/C28H27NO3S/c1-28(12-4-3-5-13-28)23-17-22(10-11-24(23)32-2)21-9-8-19-14-18(6-7-20(19)16-21)15-25-26(30)29-27(31)33-25/h6-11,14-17H,3-5,12-13H2,1-2H3,(H,29,30,31)/b25-15-. The first-order chi connectivity index (χ1) is 15.9. The maximum absolute atomic E-state index is 11.8. The highest BCUT2D eigenvalue weighted by atomic mass is 32.2. The van der Waals surface area contributed by atoms with E-state index in [0.717, 1.165) is 33.8 Å². The van der Waals surface area contributed by atoms with Gasteiger partial charge in [-0.1, -0.05) is 56.5 Å². The van der Waals surface area contributed by atoms with Crippen LogP contribution in [0.3, 0.4) is 0 Å². The summed E-state index contributed by atoms with van der Waals surface area (Å²) in [7, 11) is 1.76. The van der Waals surface area contributed by atoms with Gasteiger partial charge in [0.05, 0.1) is 12.0 Å². The number of amides is 2. The van der Waals surface area contributed by atoms with Crippen LogP contribution in [0.25, 0.3) is 28.0 Å². The van der Waals surface area contributed by atoms with Gasteiger partial charge in [0.2, 0.25) is 0 Å². The smallest absolute Gasteiger partial charge is 0.290 e. The Labute approximate surface area is 198 Å². The van der Waals surface area contributed by atoms with Crippen LogP contribution >= 0.6 is 11.8 Å². The van der Waals surface area contributed by atoms with E-state index in [4.69, 9.17) is 4.74 Å². The molecule has 5 heteroatoms. The summed E-state index contributed by atoms with van der Waals surface area (Å²) >= 11 is 0.940. The van der Waals surface area contributed by atoms with Crippen LogP contribution in [0.15, 0.2) is 59.5 Å². The Morgan fingerprint density at radius 2 is 1.61 bits per heavy atom. The van der Waals surface area contributed by atoms with E-state index < -0.39 is 0 Å². The normalized spacial score (nSPS) is 19.2. The van der Waals surface area contributed by atoms with E-state index in [1.807, 2.05) is 12.1 Å². The summed E-state index contributed by atoms with van der Waals surface area (Å²) in [5.74, 6) is 0.649. The summed E-state index contributed by atoms with van der Waals surface area (Å²) in [6.07, 6.45) is 8.02. The zero-order valence-corrected chi connectivity index (χ0v) is 19.8.